The first-order chi connectivity index (χ1) is 34.3. The SMILES string of the molecule is C1CCCC1.C1CCCC1.O=C(NCCCN1CCN(CCCN2C(=O)c3ccc4c5c(ccc(c35)C2=O)C(=O)N(CCCN2CCN(CCCNC(=O)C3CCCC3)CC2)C4=O)CC1)C1CCCC1.[Fe].[Fe]. The van der Waals surface area contributed by atoms with E-state index in [1.165, 1.54) is 74.0 Å². The number of carbonyl (C=O) groups excluding carboxylic acids is 6. The molecular formula is C56H84Fe2N8O6. The van der Waals surface area contributed by atoms with Crippen molar-refractivity contribution in [2.24, 2.45) is 11.8 Å². The zero-order valence-corrected chi connectivity index (χ0v) is 45.4. The molecule has 6 fully saturated rings. The molecule has 6 amide bonds. The molecule has 0 unspecified atom stereocenters. The molecule has 0 spiro atoms. The topological polar surface area (TPSA) is 146 Å². The number of piperazine rings is 2. The molecule has 4 aliphatic carbocycles. The number of rotatable bonds is 18. The fraction of sp³-hybridized carbons (Fsp3) is 0.714. The average molecular weight is 1080 g/mol. The van der Waals surface area contributed by atoms with Gasteiger partial charge in [-0.2, -0.15) is 0 Å². The van der Waals surface area contributed by atoms with E-state index in [4.69, 9.17) is 0 Å². The van der Waals surface area contributed by atoms with Crippen molar-refractivity contribution in [3.8, 4) is 0 Å². The molecular weight excluding hydrogens is 992 g/mol. The third-order valence-corrected chi connectivity index (χ3v) is 16.6. The van der Waals surface area contributed by atoms with Gasteiger partial charge in [0.05, 0.1) is 0 Å². The quantitative estimate of drug-likeness (QED) is 0.0885. The number of hydrogen-bond donors (Lipinski definition) is 2. The summed E-state index contributed by atoms with van der Waals surface area (Å²) in [5.41, 5.74) is 1.45. The first kappa shape index (κ1) is 58.1. The Labute approximate surface area is 451 Å². The molecule has 0 bridgehead atoms. The Hall–Kier alpha value is -3.20. The van der Waals surface area contributed by atoms with Gasteiger partial charge in [-0.1, -0.05) is 89.9 Å². The summed E-state index contributed by atoms with van der Waals surface area (Å²) in [6, 6.07) is 6.62. The van der Waals surface area contributed by atoms with Gasteiger partial charge in [-0.15, -0.1) is 0 Å². The van der Waals surface area contributed by atoms with Crippen LogP contribution in [-0.2, 0) is 43.7 Å². The van der Waals surface area contributed by atoms with Crippen molar-refractivity contribution in [3.05, 3.63) is 46.5 Å². The molecule has 72 heavy (non-hydrogen) atoms. The fourth-order valence-corrected chi connectivity index (χ4v) is 12.2. The number of imide groups is 2. The summed E-state index contributed by atoms with van der Waals surface area (Å²) in [7, 11) is 0. The maximum Gasteiger partial charge on any atom is 0.261 e. The summed E-state index contributed by atoms with van der Waals surface area (Å²) >= 11 is 0. The van der Waals surface area contributed by atoms with Crippen molar-refractivity contribution in [2.45, 2.75) is 141 Å². The summed E-state index contributed by atoms with van der Waals surface area (Å²) in [6.45, 7) is 13.0. The van der Waals surface area contributed by atoms with E-state index in [2.05, 4.69) is 30.2 Å². The molecule has 2 aromatic rings. The molecule has 4 aliphatic heterocycles. The monoisotopic (exact) mass is 1080 g/mol. The van der Waals surface area contributed by atoms with Gasteiger partial charge < -0.3 is 30.2 Å². The van der Waals surface area contributed by atoms with Crippen molar-refractivity contribution in [1.29, 1.82) is 0 Å². The largest absolute Gasteiger partial charge is 0.356 e. The Morgan fingerprint density at radius 3 is 0.889 bits per heavy atom. The van der Waals surface area contributed by atoms with Crippen LogP contribution in [0.15, 0.2) is 24.3 Å². The molecule has 14 nitrogen and oxygen atoms in total. The van der Waals surface area contributed by atoms with Gasteiger partial charge in [-0.3, -0.25) is 38.6 Å². The van der Waals surface area contributed by atoms with Crippen molar-refractivity contribution in [1.82, 2.24) is 40.0 Å². The Morgan fingerprint density at radius 2 is 0.625 bits per heavy atom. The predicted molar refractivity (Wildman–Crippen MR) is 275 cm³/mol. The Bertz CT molecular complexity index is 1870. The molecule has 0 atom stereocenters. The van der Waals surface area contributed by atoms with Crippen LogP contribution in [0.2, 0.25) is 0 Å². The molecule has 16 heteroatoms. The van der Waals surface area contributed by atoms with Gasteiger partial charge >= 0.3 is 0 Å². The molecule has 0 aromatic heterocycles. The number of nitrogens with one attached hydrogen (secondary N) is 2. The van der Waals surface area contributed by atoms with Crippen LogP contribution in [-0.4, -0.2) is 170 Å². The summed E-state index contributed by atoms with van der Waals surface area (Å²) in [5.74, 6) is -0.662. The number of hydrogen-bond acceptors (Lipinski definition) is 10. The van der Waals surface area contributed by atoms with E-state index in [1.54, 1.807) is 24.3 Å². The molecule has 400 valence electrons. The summed E-state index contributed by atoms with van der Waals surface area (Å²) in [5, 5.41) is 7.08. The molecule has 4 heterocycles. The number of benzene rings is 2. The van der Waals surface area contributed by atoms with Crippen LogP contribution in [0.4, 0.5) is 0 Å². The summed E-state index contributed by atoms with van der Waals surface area (Å²) in [4.78, 5) is 92.2. The van der Waals surface area contributed by atoms with Crippen LogP contribution in [0.3, 0.4) is 0 Å². The molecule has 2 aromatic carbocycles. The normalized spacial score (nSPS) is 21.0. The minimum atomic E-state index is -0.380. The first-order valence-electron chi connectivity index (χ1n) is 28.0. The van der Waals surface area contributed by atoms with E-state index in [-0.39, 0.29) is 81.4 Å². The Balaban J connectivity index is 0.000000631. The van der Waals surface area contributed by atoms with E-state index >= 15 is 0 Å². The molecule has 10 rings (SSSR count). The van der Waals surface area contributed by atoms with E-state index < -0.39 is 0 Å². The van der Waals surface area contributed by atoms with E-state index in [0.717, 1.165) is 156 Å². The average Bonchev–Trinajstić information content (AvgIpc) is 4.26. The van der Waals surface area contributed by atoms with Crippen LogP contribution in [0.5, 0.6) is 0 Å². The molecule has 2 saturated heterocycles. The van der Waals surface area contributed by atoms with E-state index in [1.807, 2.05) is 0 Å². The number of carbonyl (C=O) groups is 6. The van der Waals surface area contributed by atoms with Crippen molar-refractivity contribution in [2.75, 3.05) is 105 Å². The second kappa shape index (κ2) is 29.8. The van der Waals surface area contributed by atoms with Crippen LogP contribution in [0, 0.1) is 11.8 Å². The summed E-state index contributed by atoms with van der Waals surface area (Å²) in [6.07, 6.45) is 27.0. The third-order valence-electron chi connectivity index (χ3n) is 16.6. The maximum atomic E-state index is 13.8. The Morgan fingerprint density at radius 1 is 0.375 bits per heavy atom. The van der Waals surface area contributed by atoms with Gasteiger partial charge in [0.1, 0.15) is 0 Å². The van der Waals surface area contributed by atoms with Gasteiger partial charge in [-0.25, -0.2) is 0 Å². The van der Waals surface area contributed by atoms with Crippen LogP contribution >= 0.6 is 0 Å². The zero-order chi connectivity index (χ0) is 48.7. The second-order valence-electron chi connectivity index (χ2n) is 21.5. The maximum absolute atomic E-state index is 13.8. The summed E-state index contributed by atoms with van der Waals surface area (Å²) < 4.78 is 0. The second-order valence-corrected chi connectivity index (χ2v) is 21.5. The van der Waals surface area contributed by atoms with Crippen molar-refractivity contribution < 1.29 is 62.9 Å². The van der Waals surface area contributed by atoms with Crippen LogP contribution in [0.25, 0.3) is 10.8 Å². The zero-order valence-electron chi connectivity index (χ0n) is 43.2. The number of nitrogens with zero attached hydrogens (tertiary/aromatic N) is 6. The van der Waals surface area contributed by atoms with Crippen molar-refractivity contribution >= 4 is 46.2 Å². The minimum Gasteiger partial charge on any atom is -0.356 e. The predicted octanol–water partition coefficient (Wildman–Crippen LogP) is 7.34. The Kier molecular flexibility index (Phi) is 24.0. The van der Waals surface area contributed by atoms with Crippen molar-refractivity contribution in [3.63, 3.8) is 0 Å². The molecule has 8 aliphatic rings. The third kappa shape index (κ3) is 15.5. The minimum absolute atomic E-state index is 0. The smallest absolute Gasteiger partial charge is 0.261 e. The van der Waals surface area contributed by atoms with E-state index in [9.17, 15) is 28.8 Å². The van der Waals surface area contributed by atoms with Gasteiger partial charge in [0.2, 0.25) is 11.8 Å². The molecule has 0 radical (unpaired) electrons. The van der Waals surface area contributed by atoms with E-state index in [0.29, 0.717) is 59.0 Å². The van der Waals surface area contributed by atoms with Crippen LogP contribution < -0.4 is 10.6 Å². The molecule has 2 N–H and O–H groups in total. The van der Waals surface area contributed by atoms with Gasteiger partial charge in [0.15, 0.2) is 0 Å². The first-order valence-corrected chi connectivity index (χ1v) is 28.0. The van der Waals surface area contributed by atoms with Gasteiger partial charge in [0, 0.05) is 158 Å². The fourth-order valence-electron chi connectivity index (χ4n) is 12.2. The van der Waals surface area contributed by atoms with Crippen LogP contribution in [0.1, 0.15) is 183 Å². The van der Waals surface area contributed by atoms with Gasteiger partial charge in [0.25, 0.3) is 23.6 Å². The molecule has 4 saturated carbocycles. The standard InChI is InChI=1S/C46H64N8O6.2C5H10.2Fe/c55-41(33-9-1-2-10-33)47-17-5-19-49-25-29-51(30-26-49)21-7-23-53-43(57)35-13-15-37-40-38(16-14-36(39(35)40)44(53)58)46(60)54(45(37)59)24-8-22-52-31-27-50(28-32-52)20-6-18-48-42(56)34-11-3-4-12-34;2*1-2-4-5-3-1;;/h13-16,33-34H,1-12,17-32H2,(H,47,55)(H,48,56);2*1-5H2;;. The number of amides is 6. The van der Waals surface area contributed by atoms with Gasteiger partial charge in [-0.05, 0) is 102 Å².